The Labute approximate surface area is 176 Å². The van der Waals surface area contributed by atoms with E-state index in [0.29, 0.717) is 13.1 Å². The van der Waals surface area contributed by atoms with E-state index in [1.54, 1.807) is 17.9 Å². The highest BCUT2D eigenvalue weighted by Crippen LogP contribution is 2.29. The molecular weight excluding hydrogens is 392 g/mol. The fraction of sp³-hybridized carbons (Fsp3) is 0.650. The van der Waals surface area contributed by atoms with Gasteiger partial charge in [0, 0.05) is 6.54 Å². The van der Waals surface area contributed by atoms with Gasteiger partial charge in [-0.25, -0.2) is 15.1 Å². The van der Waals surface area contributed by atoms with Crippen molar-refractivity contribution in [1.29, 1.82) is 0 Å². The molecule has 0 aromatic rings. The van der Waals surface area contributed by atoms with Crippen molar-refractivity contribution in [2.75, 3.05) is 26.3 Å². The SMILES string of the molecule is C=CCON1C(=O)N2C[C@H]1C=C(C)[C@H]2C(=O)NOC[C@@H]1CCN1C(=O)OC(C)(C)C. The molecule has 10 heteroatoms. The second kappa shape index (κ2) is 8.65. The van der Waals surface area contributed by atoms with Crippen molar-refractivity contribution < 1.29 is 28.8 Å². The number of nitrogens with one attached hydrogen (secondary N) is 1. The van der Waals surface area contributed by atoms with Gasteiger partial charge in [-0.3, -0.25) is 14.5 Å². The van der Waals surface area contributed by atoms with Crippen molar-refractivity contribution in [1.82, 2.24) is 20.3 Å². The topological polar surface area (TPSA) is 101 Å². The Balaban J connectivity index is 1.50. The number of nitrogens with zero attached hydrogens (tertiary/aromatic N) is 3. The third kappa shape index (κ3) is 4.59. The first-order valence-corrected chi connectivity index (χ1v) is 10.1. The Hall–Kier alpha value is -2.59. The molecule has 0 spiro atoms. The van der Waals surface area contributed by atoms with Crippen LogP contribution in [0.15, 0.2) is 24.3 Å². The van der Waals surface area contributed by atoms with Crippen LogP contribution in [0, 0.1) is 0 Å². The van der Waals surface area contributed by atoms with E-state index in [4.69, 9.17) is 14.4 Å². The fourth-order valence-electron chi connectivity index (χ4n) is 3.67. The van der Waals surface area contributed by atoms with E-state index < -0.39 is 23.6 Å². The van der Waals surface area contributed by atoms with E-state index in [0.717, 1.165) is 12.0 Å². The molecule has 4 amide bonds. The Morgan fingerprint density at radius 3 is 2.70 bits per heavy atom. The molecule has 3 rings (SSSR count). The van der Waals surface area contributed by atoms with Crippen LogP contribution in [-0.2, 0) is 19.2 Å². The zero-order valence-corrected chi connectivity index (χ0v) is 17.9. The van der Waals surface area contributed by atoms with E-state index in [1.165, 1.54) is 9.96 Å². The minimum atomic E-state index is -0.769. The molecule has 0 saturated carbocycles. The lowest BCUT2D eigenvalue weighted by molar-refractivity contribution is -0.139. The van der Waals surface area contributed by atoms with E-state index >= 15 is 0 Å². The molecule has 0 unspecified atom stereocenters. The van der Waals surface area contributed by atoms with Crippen LogP contribution in [0.3, 0.4) is 0 Å². The monoisotopic (exact) mass is 422 g/mol. The second-order valence-electron chi connectivity index (χ2n) is 8.62. The van der Waals surface area contributed by atoms with Gasteiger partial charge in [0.25, 0.3) is 5.91 Å². The van der Waals surface area contributed by atoms with Crippen LogP contribution in [0.1, 0.15) is 34.1 Å². The number of hydrogen-bond donors (Lipinski definition) is 1. The Kier molecular flexibility index (Phi) is 6.37. The first-order chi connectivity index (χ1) is 14.1. The lowest BCUT2D eigenvalue weighted by atomic mass is 10.0. The summed E-state index contributed by atoms with van der Waals surface area (Å²) >= 11 is 0. The van der Waals surface area contributed by atoms with Crippen LogP contribution in [-0.4, -0.2) is 82.9 Å². The predicted octanol–water partition coefficient (Wildman–Crippen LogP) is 1.60. The largest absolute Gasteiger partial charge is 0.444 e. The van der Waals surface area contributed by atoms with E-state index in [-0.39, 0.29) is 31.3 Å². The zero-order chi connectivity index (χ0) is 22.1. The van der Waals surface area contributed by atoms with Gasteiger partial charge in [0.1, 0.15) is 11.6 Å². The molecule has 3 atom stereocenters. The average Bonchev–Trinajstić information content (AvgIpc) is 2.85. The lowest BCUT2D eigenvalue weighted by Gasteiger charge is -2.41. The van der Waals surface area contributed by atoms with Crippen molar-refractivity contribution in [2.24, 2.45) is 0 Å². The molecule has 166 valence electrons. The third-order valence-electron chi connectivity index (χ3n) is 5.12. The molecule has 3 heterocycles. The van der Waals surface area contributed by atoms with Gasteiger partial charge < -0.3 is 14.5 Å². The van der Waals surface area contributed by atoms with Gasteiger partial charge >= 0.3 is 12.1 Å². The summed E-state index contributed by atoms with van der Waals surface area (Å²) in [5, 5.41) is 1.27. The molecule has 3 aliphatic heterocycles. The first kappa shape index (κ1) is 22.1. The number of fused-ring (bicyclic) bond motifs is 2. The van der Waals surface area contributed by atoms with Crippen molar-refractivity contribution >= 4 is 18.0 Å². The number of amides is 4. The Morgan fingerprint density at radius 1 is 1.37 bits per heavy atom. The van der Waals surface area contributed by atoms with Crippen LogP contribution in [0.4, 0.5) is 9.59 Å². The minimum Gasteiger partial charge on any atom is -0.444 e. The smallest absolute Gasteiger partial charge is 0.410 e. The quantitative estimate of drug-likeness (QED) is 0.494. The molecule has 10 nitrogen and oxygen atoms in total. The second-order valence-corrected chi connectivity index (χ2v) is 8.62. The van der Waals surface area contributed by atoms with Gasteiger partial charge in [-0.1, -0.05) is 12.2 Å². The summed E-state index contributed by atoms with van der Waals surface area (Å²) in [7, 11) is 0. The number of urea groups is 1. The van der Waals surface area contributed by atoms with Gasteiger partial charge in [0.05, 0.1) is 31.8 Å². The number of likely N-dealkylation sites (tertiary alicyclic amines) is 1. The van der Waals surface area contributed by atoms with Crippen LogP contribution >= 0.6 is 0 Å². The van der Waals surface area contributed by atoms with Crippen LogP contribution in [0.25, 0.3) is 0 Å². The number of ether oxygens (including phenoxy) is 1. The molecule has 1 N–H and O–H groups in total. The number of rotatable bonds is 7. The van der Waals surface area contributed by atoms with E-state index in [2.05, 4.69) is 12.1 Å². The first-order valence-electron chi connectivity index (χ1n) is 10.1. The third-order valence-corrected chi connectivity index (χ3v) is 5.12. The summed E-state index contributed by atoms with van der Waals surface area (Å²) in [6.45, 7) is 12.1. The van der Waals surface area contributed by atoms with Gasteiger partial charge in [0.2, 0.25) is 0 Å². The van der Waals surface area contributed by atoms with Gasteiger partial charge in [-0.2, -0.15) is 5.06 Å². The standard InChI is InChI=1S/C20H30N4O6/c1-6-9-29-24-15-10-13(2)16(23(11-15)18(24)26)17(25)21-28-12-14-7-8-22(14)19(27)30-20(3,4)5/h6,10,14-16H,1,7-9,11-12H2,2-5H3,(H,21,25)/t14-,15+,16-/m0/s1. The maximum atomic E-state index is 12.7. The number of carbonyl (C=O) groups is 3. The van der Waals surface area contributed by atoms with Crippen LogP contribution in [0.5, 0.6) is 0 Å². The molecule has 2 bridgehead atoms. The number of hydrogen-bond acceptors (Lipinski definition) is 6. The van der Waals surface area contributed by atoms with Crippen LogP contribution < -0.4 is 5.48 Å². The molecule has 0 aromatic heterocycles. The lowest BCUT2D eigenvalue weighted by Crippen LogP contribution is -2.56. The predicted molar refractivity (Wildman–Crippen MR) is 107 cm³/mol. The average molecular weight is 422 g/mol. The van der Waals surface area contributed by atoms with Crippen molar-refractivity contribution in [3.63, 3.8) is 0 Å². The summed E-state index contributed by atoms with van der Waals surface area (Å²) < 4.78 is 5.36. The maximum absolute atomic E-state index is 12.7. The van der Waals surface area contributed by atoms with Gasteiger partial charge in [0.15, 0.2) is 0 Å². The van der Waals surface area contributed by atoms with Crippen LogP contribution in [0.2, 0.25) is 0 Å². The molecule has 0 radical (unpaired) electrons. The van der Waals surface area contributed by atoms with Crippen molar-refractivity contribution in [3.05, 3.63) is 24.3 Å². The molecule has 0 aliphatic carbocycles. The highest BCUT2D eigenvalue weighted by atomic mass is 16.7. The number of carbonyl (C=O) groups excluding carboxylic acids is 3. The minimum absolute atomic E-state index is 0.144. The van der Waals surface area contributed by atoms with Gasteiger partial charge in [-0.15, -0.1) is 6.58 Å². The summed E-state index contributed by atoms with van der Waals surface area (Å²) in [6, 6.07) is -1.54. The molecule has 2 saturated heterocycles. The molecule has 30 heavy (non-hydrogen) atoms. The fourth-order valence-corrected chi connectivity index (χ4v) is 3.67. The van der Waals surface area contributed by atoms with E-state index in [1.807, 2.05) is 26.8 Å². The van der Waals surface area contributed by atoms with Crippen molar-refractivity contribution in [3.8, 4) is 0 Å². The highest BCUT2D eigenvalue weighted by Gasteiger charge is 2.47. The summed E-state index contributed by atoms with van der Waals surface area (Å²) in [5.74, 6) is -0.440. The Morgan fingerprint density at radius 2 is 2.10 bits per heavy atom. The molecule has 3 aliphatic rings. The maximum Gasteiger partial charge on any atom is 0.410 e. The highest BCUT2D eigenvalue weighted by molar-refractivity contribution is 5.91. The summed E-state index contributed by atoms with van der Waals surface area (Å²) in [6.07, 6.45) is 3.78. The molecule has 2 fully saturated rings. The summed E-state index contributed by atoms with van der Waals surface area (Å²) in [5.41, 5.74) is 2.59. The zero-order valence-electron chi connectivity index (χ0n) is 17.9. The van der Waals surface area contributed by atoms with Crippen molar-refractivity contribution in [2.45, 2.75) is 57.8 Å². The Bertz CT molecular complexity index is 746. The summed E-state index contributed by atoms with van der Waals surface area (Å²) in [4.78, 5) is 51.3. The van der Waals surface area contributed by atoms with Gasteiger partial charge in [-0.05, 0) is 39.7 Å². The molecule has 0 aromatic carbocycles. The molecular formula is C20H30N4O6. The number of hydroxylamine groups is 3. The normalized spacial score (nSPS) is 25.6. The van der Waals surface area contributed by atoms with E-state index in [9.17, 15) is 14.4 Å².